The number of phenolic OH excluding ortho intramolecular Hbond substituents is 1. The van der Waals surface area contributed by atoms with E-state index in [0.29, 0.717) is 56.1 Å². The number of fused-ring (bicyclic) bond motifs is 3. The van der Waals surface area contributed by atoms with E-state index in [-0.39, 0.29) is 44.8 Å². The van der Waals surface area contributed by atoms with E-state index in [1.165, 1.54) is 12.1 Å². The molecule has 3 saturated heterocycles. The van der Waals surface area contributed by atoms with Gasteiger partial charge in [-0.25, -0.2) is 13.8 Å². The van der Waals surface area contributed by atoms with Crippen molar-refractivity contribution in [2.45, 2.75) is 71.0 Å². The highest BCUT2D eigenvalue weighted by Crippen LogP contribution is 2.42. The number of alkyl halides is 3. The summed E-state index contributed by atoms with van der Waals surface area (Å²) in [7, 11) is 0. The van der Waals surface area contributed by atoms with Gasteiger partial charge in [0.2, 0.25) is 0 Å². The molecule has 48 heavy (non-hydrogen) atoms. The summed E-state index contributed by atoms with van der Waals surface area (Å²) < 4.78 is 79.2. The second kappa shape index (κ2) is 13.6. The van der Waals surface area contributed by atoms with Crippen LogP contribution in [0.4, 0.5) is 27.8 Å². The molecule has 2 aromatic carbocycles. The minimum Gasteiger partial charge on any atom is -0.508 e. The molecular formula is C35H41F5N6O2. The Bertz CT molecular complexity index is 1800. The standard InChI is InChI=1S/C33H35F5N6O2.C2H6/c1-2-24-26-29(27(35)28(40-24)21-16-20(45)15-19-5-6-23(34)22(25(19)21)17-33(36,37)38)41-31(42-30(26)43-13-9-39-10-14-43)46-18-32-7-3-11-44(32)12-4-8-32;1-2/h5-6,15-16,39,45H,2-4,7-14,17-18H2,1H3;1-2H3. The van der Waals surface area contributed by atoms with Crippen molar-refractivity contribution in [3.05, 3.63) is 47.2 Å². The van der Waals surface area contributed by atoms with Crippen LogP contribution in [0.1, 0.15) is 57.7 Å². The van der Waals surface area contributed by atoms with E-state index < -0.39 is 29.8 Å². The van der Waals surface area contributed by atoms with E-state index in [1.54, 1.807) is 0 Å². The fraction of sp³-hybridized carbons (Fsp3) is 0.514. The summed E-state index contributed by atoms with van der Waals surface area (Å²) in [6.07, 6.45) is -1.84. The SMILES string of the molecule is CC.CCc1nc(-c2cc(O)cc3ccc(F)c(CC(F)(F)F)c23)c(F)c2nc(OCC34CCCN3CCC4)nc(N3CCNCC3)c12. The summed E-state index contributed by atoms with van der Waals surface area (Å²) >= 11 is 0. The summed E-state index contributed by atoms with van der Waals surface area (Å²) in [6.45, 7) is 10.8. The zero-order chi connectivity index (χ0) is 34.2. The van der Waals surface area contributed by atoms with Crippen LogP contribution < -0.4 is 15.0 Å². The highest BCUT2D eigenvalue weighted by Gasteiger charge is 2.45. The number of phenols is 1. The quantitative estimate of drug-likeness (QED) is 0.204. The molecule has 3 aliphatic rings. The highest BCUT2D eigenvalue weighted by atomic mass is 19.4. The van der Waals surface area contributed by atoms with Crippen molar-refractivity contribution < 1.29 is 31.8 Å². The molecule has 0 atom stereocenters. The van der Waals surface area contributed by atoms with Crippen LogP contribution in [0.3, 0.4) is 0 Å². The van der Waals surface area contributed by atoms with E-state index in [0.717, 1.165) is 50.9 Å². The lowest BCUT2D eigenvalue weighted by Gasteiger charge is -2.32. The van der Waals surface area contributed by atoms with E-state index in [9.17, 15) is 18.3 Å². The van der Waals surface area contributed by atoms with Crippen molar-refractivity contribution in [2.75, 3.05) is 50.8 Å². The lowest BCUT2D eigenvalue weighted by atomic mass is 9.93. The number of nitrogens with one attached hydrogen (secondary N) is 1. The third kappa shape index (κ3) is 6.34. The molecule has 7 rings (SSSR count). The number of aryl methyl sites for hydroxylation is 1. The van der Waals surface area contributed by atoms with E-state index in [4.69, 9.17) is 9.72 Å². The predicted molar refractivity (Wildman–Crippen MR) is 176 cm³/mol. The van der Waals surface area contributed by atoms with Crippen LogP contribution in [0.5, 0.6) is 11.8 Å². The maximum absolute atomic E-state index is 16.9. The number of nitrogens with zero attached hydrogens (tertiary/aromatic N) is 5. The Morgan fingerprint density at radius 3 is 2.33 bits per heavy atom. The second-order valence-electron chi connectivity index (χ2n) is 12.5. The zero-order valence-corrected chi connectivity index (χ0v) is 27.5. The average molecular weight is 673 g/mol. The third-order valence-corrected chi connectivity index (χ3v) is 9.64. The first-order valence-electron chi connectivity index (χ1n) is 16.8. The number of pyridine rings is 1. The van der Waals surface area contributed by atoms with Crippen molar-refractivity contribution >= 4 is 27.5 Å². The highest BCUT2D eigenvalue weighted by molar-refractivity contribution is 6.02. The van der Waals surface area contributed by atoms with Gasteiger partial charge in [-0.15, -0.1) is 0 Å². The van der Waals surface area contributed by atoms with E-state index >= 15 is 8.78 Å². The number of aromatic nitrogens is 3. The monoisotopic (exact) mass is 672 g/mol. The van der Waals surface area contributed by atoms with Crippen molar-refractivity contribution in [1.82, 2.24) is 25.2 Å². The Kier molecular flexibility index (Phi) is 9.63. The molecule has 8 nitrogen and oxygen atoms in total. The molecule has 0 unspecified atom stereocenters. The van der Waals surface area contributed by atoms with Gasteiger partial charge in [0.25, 0.3) is 0 Å². The fourth-order valence-electron chi connectivity index (χ4n) is 7.53. The lowest BCUT2D eigenvalue weighted by molar-refractivity contribution is -0.127. The summed E-state index contributed by atoms with van der Waals surface area (Å²) in [6, 6.07) is 4.54. The minimum absolute atomic E-state index is 0.0110. The first kappa shape index (κ1) is 34.0. The van der Waals surface area contributed by atoms with Crippen LogP contribution in [0.2, 0.25) is 0 Å². The molecule has 0 amide bonds. The van der Waals surface area contributed by atoms with Crippen LogP contribution in [0, 0.1) is 11.6 Å². The number of benzene rings is 2. The van der Waals surface area contributed by atoms with E-state index in [2.05, 4.69) is 20.2 Å². The van der Waals surface area contributed by atoms with Gasteiger partial charge in [-0.2, -0.15) is 23.1 Å². The number of rotatable bonds is 7. The fourth-order valence-corrected chi connectivity index (χ4v) is 7.53. The van der Waals surface area contributed by atoms with Gasteiger partial charge in [-0.3, -0.25) is 4.90 Å². The molecular weight excluding hydrogens is 631 g/mol. The van der Waals surface area contributed by atoms with Gasteiger partial charge in [-0.1, -0.05) is 26.8 Å². The summed E-state index contributed by atoms with van der Waals surface area (Å²) in [5, 5.41) is 14.2. The first-order chi connectivity index (χ1) is 23.1. The van der Waals surface area contributed by atoms with Gasteiger partial charge in [0.15, 0.2) is 5.82 Å². The smallest absolute Gasteiger partial charge is 0.393 e. The zero-order valence-electron chi connectivity index (χ0n) is 27.5. The summed E-state index contributed by atoms with van der Waals surface area (Å²) in [5.74, 6) is -1.84. The average Bonchev–Trinajstić information content (AvgIpc) is 3.66. The number of anilines is 1. The Hall–Kier alpha value is -3.84. The largest absolute Gasteiger partial charge is 0.508 e. The third-order valence-electron chi connectivity index (χ3n) is 9.64. The number of halogens is 5. The molecule has 2 N–H and O–H groups in total. The summed E-state index contributed by atoms with van der Waals surface area (Å²) in [5.41, 5.74) is -0.898. The van der Waals surface area contributed by atoms with Crippen LogP contribution in [-0.4, -0.2) is 82.5 Å². The number of hydrogen-bond acceptors (Lipinski definition) is 8. The molecule has 5 heterocycles. The van der Waals surface area contributed by atoms with Gasteiger partial charge in [0, 0.05) is 37.3 Å². The topological polar surface area (TPSA) is 86.6 Å². The minimum atomic E-state index is -4.74. The molecule has 258 valence electrons. The molecule has 0 radical (unpaired) electrons. The van der Waals surface area contributed by atoms with Gasteiger partial charge >= 0.3 is 12.2 Å². The van der Waals surface area contributed by atoms with Crippen molar-refractivity contribution in [1.29, 1.82) is 0 Å². The lowest BCUT2D eigenvalue weighted by Crippen LogP contribution is -2.44. The number of piperazine rings is 1. The Morgan fingerprint density at radius 1 is 0.958 bits per heavy atom. The second-order valence-corrected chi connectivity index (χ2v) is 12.5. The Labute approximate surface area is 276 Å². The van der Waals surface area contributed by atoms with Crippen molar-refractivity contribution in [3.8, 4) is 23.0 Å². The van der Waals surface area contributed by atoms with E-state index in [1.807, 2.05) is 25.7 Å². The maximum Gasteiger partial charge on any atom is 0.393 e. The van der Waals surface area contributed by atoms with Gasteiger partial charge in [-0.05, 0) is 74.2 Å². The summed E-state index contributed by atoms with van der Waals surface area (Å²) in [4.78, 5) is 18.5. The predicted octanol–water partition coefficient (Wildman–Crippen LogP) is 6.94. The van der Waals surface area contributed by atoms with Crippen molar-refractivity contribution in [2.24, 2.45) is 0 Å². The Balaban J connectivity index is 0.00000197. The van der Waals surface area contributed by atoms with Crippen molar-refractivity contribution in [3.63, 3.8) is 0 Å². The maximum atomic E-state index is 16.9. The van der Waals surface area contributed by atoms with Crippen LogP contribution in [0.15, 0.2) is 24.3 Å². The number of aromatic hydroxyl groups is 1. The Morgan fingerprint density at radius 2 is 1.67 bits per heavy atom. The molecule has 0 saturated carbocycles. The number of hydrogen-bond donors (Lipinski definition) is 2. The van der Waals surface area contributed by atoms with Crippen LogP contribution >= 0.6 is 0 Å². The molecule has 13 heteroatoms. The van der Waals surface area contributed by atoms with Crippen LogP contribution in [0.25, 0.3) is 32.9 Å². The molecule has 3 aliphatic heterocycles. The molecule has 2 aromatic heterocycles. The van der Waals surface area contributed by atoms with Gasteiger partial charge in [0.05, 0.1) is 23.0 Å². The molecule has 0 spiro atoms. The van der Waals surface area contributed by atoms with Gasteiger partial charge < -0.3 is 20.1 Å². The molecule has 0 aliphatic carbocycles. The molecule has 3 fully saturated rings. The molecule has 0 bridgehead atoms. The van der Waals surface area contributed by atoms with Crippen LogP contribution in [-0.2, 0) is 12.8 Å². The van der Waals surface area contributed by atoms with Gasteiger partial charge in [0.1, 0.15) is 35.2 Å². The number of ether oxygens (including phenoxy) is 1. The first-order valence-corrected chi connectivity index (χ1v) is 16.8. The molecule has 4 aromatic rings. The normalized spacial score (nSPS) is 17.9.